The van der Waals surface area contributed by atoms with E-state index >= 15 is 0 Å². The monoisotopic (exact) mass is 296 g/mol. The fourth-order valence-corrected chi connectivity index (χ4v) is 1.33. The zero-order valence-corrected chi connectivity index (χ0v) is 11.8. The summed E-state index contributed by atoms with van der Waals surface area (Å²) in [5, 5.41) is 10.2. The molecule has 21 heavy (non-hydrogen) atoms. The third-order valence-electron chi connectivity index (χ3n) is 2.31. The molecule has 116 valence electrons. The number of aromatic carboxylic acids is 1. The predicted octanol–water partition coefficient (Wildman–Crippen LogP) is -1.20. The number of hydrogen-bond donors (Lipinski definition) is 1. The van der Waals surface area contributed by atoms with Gasteiger partial charge < -0.3 is 25.6 Å². The van der Waals surface area contributed by atoms with Crippen LogP contribution in [0.25, 0.3) is 0 Å². The average molecular weight is 296 g/mol. The lowest BCUT2D eigenvalue weighted by molar-refractivity contribution is -0.360. The van der Waals surface area contributed by atoms with Gasteiger partial charge in [-0.2, -0.15) is 0 Å². The van der Waals surface area contributed by atoms with Gasteiger partial charge in [0.25, 0.3) is 5.82 Å². The van der Waals surface area contributed by atoms with Crippen molar-refractivity contribution >= 4 is 11.8 Å². The van der Waals surface area contributed by atoms with Gasteiger partial charge in [0, 0.05) is 6.07 Å². The third-order valence-corrected chi connectivity index (χ3v) is 2.31. The first kappa shape index (κ1) is 20.7. The summed E-state index contributed by atoms with van der Waals surface area (Å²) in [7, 11) is 1.52. The van der Waals surface area contributed by atoms with Crippen LogP contribution in [0.4, 0.5) is 5.82 Å². The molecule has 0 saturated heterocycles. The average Bonchev–Trinajstić information content (AvgIpc) is 2.39. The van der Waals surface area contributed by atoms with E-state index in [0.717, 1.165) is 0 Å². The van der Waals surface area contributed by atoms with Gasteiger partial charge in [-0.05, 0) is 48.4 Å². The SMILES string of the molecule is COc1ccc(C(=O)[O-])cc1.Cc1cc[nH+]c(N)c1.O.O. The van der Waals surface area contributed by atoms with Gasteiger partial charge >= 0.3 is 0 Å². The number of hydrogen-bond acceptors (Lipinski definition) is 4. The lowest BCUT2D eigenvalue weighted by Gasteiger charge is -2.02. The number of ether oxygens (including phenoxy) is 1. The Balaban J connectivity index is 0. The van der Waals surface area contributed by atoms with Crippen molar-refractivity contribution in [2.24, 2.45) is 0 Å². The van der Waals surface area contributed by atoms with Gasteiger partial charge in [0.05, 0.1) is 19.3 Å². The number of aromatic amines is 1. The molecule has 0 aliphatic rings. The number of anilines is 1. The van der Waals surface area contributed by atoms with Gasteiger partial charge in [-0.3, -0.25) is 5.73 Å². The number of methoxy groups -OCH3 is 1. The summed E-state index contributed by atoms with van der Waals surface area (Å²) < 4.78 is 4.84. The number of nitrogens with two attached hydrogens (primary N) is 1. The van der Waals surface area contributed by atoms with Crippen molar-refractivity contribution in [2.75, 3.05) is 12.8 Å². The van der Waals surface area contributed by atoms with Crippen LogP contribution in [0, 0.1) is 6.92 Å². The van der Waals surface area contributed by atoms with E-state index in [1.807, 2.05) is 25.3 Å². The van der Waals surface area contributed by atoms with E-state index in [0.29, 0.717) is 11.6 Å². The van der Waals surface area contributed by atoms with Crippen LogP contribution in [0.5, 0.6) is 5.75 Å². The highest BCUT2D eigenvalue weighted by atomic mass is 16.5. The van der Waals surface area contributed by atoms with Crippen molar-refractivity contribution in [1.29, 1.82) is 0 Å². The molecule has 0 bridgehead atoms. The summed E-state index contributed by atoms with van der Waals surface area (Å²) >= 11 is 0. The van der Waals surface area contributed by atoms with Crippen LogP contribution < -0.4 is 20.6 Å². The quantitative estimate of drug-likeness (QED) is 0.739. The smallest absolute Gasteiger partial charge is 0.270 e. The van der Waals surface area contributed by atoms with E-state index in [2.05, 4.69) is 4.98 Å². The number of carboxylic acids is 1. The minimum atomic E-state index is -1.17. The Kier molecular flexibility index (Phi) is 10.0. The molecule has 1 heterocycles. The summed E-state index contributed by atoms with van der Waals surface area (Å²) in [6.07, 6.45) is 1.82. The molecule has 0 radical (unpaired) electrons. The van der Waals surface area contributed by atoms with Crippen LogP contribution in [-0.4, -0.2) is 24.0 Å². The van der Waals surface area contributed by atoms with Crippen LogP contribution in [0.2, 0.25) is 0 Å². The molecule has 0 amide bonds. The number of rotatable bonds is 2. The summed E-state index contributed by atoms with van der Waals surface area (Å²) in [4.78, 5) is 13.1. The molecule has 1 aromatic heterocycles. The van der Waals surface area contributed by atoms with E-state index in [1.54, 1.807) is 12.1 Å². The molecule has 7 N–H and O–H groups in total. The lowest BCUT2D eigenvalue weighted by Crippen LogP contribution is -2.21. The van der Waals surface area contributed by atoms with Gasteiger partial charge in [-0.25, -0.2) is 4.98 Å². The molecular weight excluding hydrogens is 276 g/mol. The van der Waals surface area contributed by atoms with Crippen LogP contribution in [0.3, 0.4) is 0 Å². The highest BCUT2D eigenvalue weighted by Gasteiger charge is 1.92. The maximum absolute atomic E-state index is 10.2. The molecule has 7 nitrogen and oxygen atoms in total. The largest absolute Gasteiger partial charge is 0.545 e. The van der Waals surface area contributed by atoms with Crippen molar-refractivity contribution in [3.8, 4) is 5.75 Å². The minimum absolute atomic E-state index is 0. The van der Waals surface area contributed by atoms with E-state index in [1.165, 1.54) is 24.8 Å². The van der Waals surface area contributed by atoms with Crippen LogP contribution in [0.1, 0.15) is 15.9 Å². The number of nitrogens with one attached hydrogen (secondary N) is 1. The van der Waals surface area contributed by atoms with Gasteiger partial charge in [-0.1, -0.05) is 0 Å². The molecule has 0 spiro atoms. The van der Waals surface area contributed by atoms with Crippen LogP contribution in [-0.2, 0) is 0 Å². The van der Waals surface area contributed by atoms with Gasteiger partial charge in [0.15, 0.2) is 0 Å². The summed E-state index contributed by atoms with van der Waals surface area (Å²) in [5.41, 5.74) is 6.74. The molecule has 7 heteroatoms. The number of aromatic nitrogens is 1. The molecule has 0 fully saturated rings. The number of H-pyrrole nitrogens is 1. The molecule has 0 aliphatic carbocycles. The lowest BCUT2D eigenvalue weighted by atomic mass is 10.2. The van der Waals surface area contributed by atoms with Crippen molar-refractivity contribution < 1.29 is 30.6 Å². The first-order valence-corrected chi connectivity index (χ1v) is 5.62. The zero-order valence-electron chi connectivity index (χ0n) is 11.8. The van der Waals surface area contributed by atoms with Crippen molar-refractivity contribution in [3.05, 3.63) is 53.7 Å². The van der Waals surface area contributed by atoms with Crippen molar-refractivity contribution in [1.82, 2.24) is 0 Å². The molecule has 0 aliphatic heterocycles. The van der Waals surface area contributed by atoms with E-state index in [9.17, 15) is 9.90 Å². The highest BCUT2D eigenvalue weighted by Crippen LogP contribution is 2.10. The molecule has 0 unspecified atom stereocenters. The molecular formula is C14H20N2O5. The molecule has 0 atom stereocenters. The van der Waals surface area contributed by atoms with Crippen LogP contribution >= 0.6 is 0 Å². The standard InChI is InChI=1S/C8H8O3.C6H8N2.2H2O/c1-11-7-4-2-6(3-5-7)8(9)10;1-5-2-3-8-6(7)4-5;;/h2-5H,1H3,(H,9,10);2-4H,1H3,(H2,7,8);2*1H2. The summed E-state index contributed by atoms with van der Waals surface area (Å²) in [5.74, 6) is 0.174. The predicted molar refractivity (Wildman–Crippen MR) is 76.7 cm³/mol. The molecule has 0 saturated carbocycles. The molecule has 2 rings (SSSR count). The number of benzene rings is 1. The number of aryl methyl sites for hydroxylation is 1. The Morgan fingerprint density at radius 2 is 1.76 bits per heavy atom. The van der Waals surface area contributed by atoms with Crippen molar-refractivity contribution in [2.45, 2.75) is 6.92 Å². The first-order valence-electron chi connectivity index (χ1n) is 5.62. The van der Waals surface area contributed by atoms with Gasteiger partial charge in [-0.15, -0.1) is 0 Å². The second kappa shape index (κ2) is 10.2. The summed E-state index contributed by atoms with van der Waals surface area (Å²) in [6.45, 7) is 2.00. The Morgan fingerprint density at radius 3 is 2.10 bits per heavy atom. The first-order chi connectivity index (χ1) is 9.02. The number of carbonyl (C=O) groups excluding carboxylic acids is 1. The number of carboxylic acid groups (broad SMARTS) is 1. The number of nitrogen functional groups attached to an aromatic ring is 1. The maximum atomic E-state index is 10.2. The zero-order chi connectivity index (χ0) is 14.3. The number of carbonyl (C=O) groups is 1. The van der Waals surface area contributed by atoms with Crippen LogP contribution in [0.15, 0.2) is 42.6 Å². The van der Waals surface area contributed by atoms with E-state index in [-0.39, 0.29) is 16.5 Å². The summed E-state index contributed by atoms with van der Waals surface area (Å²) in [6, 6.07) is 9.88. The highest BCUT2D eigenvalue weighted by molar-refractivity contribution is 5.85. The Bertz CT molecular complexity index is 526. The van der Waals surface area contributed by atoms with E-state index in [4.69, 9.17) is 10.5 Å². The minimum Gasteiger partial charge on any atom is -0.545 e. The Morgan fingerprint density at radius 1 is 1.19 bits per heavy atom. The maximum Gasteiger partial charge on any atom is 0.270 e. The fourth-order valence-electron chi connectivity index (χ4n) is 1.33. The normalized spacial score (nSPS) is 8.29. The van der Waals surface area contributed by atoms with Gasteiger partial charge in [0.1, 0.15) is 5.75 Å². The molecule has 2 aromatic rings. The Hall–Kier alpha value is -2.64. The topological polar surface area (TPSA) is 153 Å². The molecule has 1 aromatic carbocycles. The van der Waals surface area contributed by atoms with Gasteiger partial charge in [0.2, 0.25) is 0 Å². The Labute approximate surface area is 122 Å². The third kappa shape index (κ3) is 7.51. The van der Waals surface area contributed by atoms with E-state index < -0.39 is 5.97 Å². The number of pyridine rings is 1. The van der Waals surface area contributed by atoms with Crippen molar-refractivity contribution in [3.63, 3.8) is 0 Å². The fraction of sp³-hybridized carbons (Fsp3) is 0.143. The second-order valence-corrected chi connectivity index (χ2v) is 3.84. The second-order valence-electron chi connectivity index (χ2n) is 3.84.